The predicted molar refractivity (Wildman–Crippen MR) is 75.7 cm³/mol. The van der Waals surface area contributed by atoms with Gasteiger partial charge in [0.2, 0.25) is 0 Å². The van der Waals surface area contributed by atoms with E-state index in [1.165, 1.54) is 18.2 Å². The van der Waals surface area contributed by atoms with Gasteiger partial charge in [0.15, 0.2) is 0 Å². The lowest BCUT2D eigenvalue weighted by Crippen LogP contribution is -2.49. The summed E-state index contributed by atoms with van der Waals surface area (Å²) in [5.41, 5.74) is 0.949. The quantitative estimate of drug-likeness (QED) is 0.822. The fourth-order valence-electron chi connectivity index (χ4n) is 1.84. The van der Waals surface area contributed by atoms with Crippen LogP contribution in [-0.2, 0) is 0 Å². The van der Waals surface area contributed by atoms with Crippen LogP contribution in [0.15, 0.2) is 18.2 Å². The van der Waals surface area contributed by atoms with Crippen LogP contribution in [0.25, 0.3) is 0 Å². The maximum absolute atomic E-state index is 13.0. The van der Waals surface area contributed by atoms with E-state index in [9.17, 15) is 9.18 Å². The Labute approximate surface area is 116 Å². The fraction of sp³-hybridized carbons (Fsp3) is 0.500. The number of benzene rings is 1. The van der Waals surface area contributed by atoms with Crippen molar-refractivity contribution in [2.24, 2.45) is 0 Å². The van der Waals surface area contributed by atoms with Crippen LogP contribution in [0.3, 0.4) is 0 Å². The molecule has 0 radical (unpaired) electrons. The minimum absolute atomic E-state index is 0.143. The molecule has 2 nitrogen and oxygen atoms in total. The number of carbonyl (C=O) groups excluding carboxylic acids is 1. The van der Waals surface area contributed by atoms with E-state index in [4.69, 9.17) is 0 Å². The van der Waals surface area contributed by atoms with Gasteiger partial charge in [-0.25, -0.2) is 4.39 Å². The summed E-state index contributed by atoms with van der Waals surface area (Å²) in [6, 6.07) is 4.22. The lowest BCUT2D eigenvalue weighted by atomic mass is 9.94. The van der Waals surface area contributed by atoms with Crippen LogP contribution in [-0.4, -0.2) is 16.8 Å². The van der Waals surface area contributed by atoms with Crippen molar-refractivity contribution in [3.8, 4) is 0 Å². The predicted octanol–water partition coefficient (Wildman–Crippen LogP) is 3.82. The van der Waals surface area contributed by atoms with Crippen LogP contribution in [0.1, 0.15) is 42.6 Å². The van der Waals surface area contributed by atoms with E-state index in [0.717, 1.165) is 12.8 Å². The molecule has 4 heteroatoms. The molecule has 1 rings (SSSR count). The number of halogens is 2. The fourth-order valence-corrected chi connectivity index (χ4v) is 2.77. The maximum Gasteiger partial charge on any atom is 0.252 e. The van der Waals surface area contributed by atoms with Crippen LogP contribution >= 0.6 is 15.9 Å². The Balaban J connectivity index is 2.94. The molecule has 100 valence electrons. The number of amides is 1. The number of hydrogen-bond acceptors (Lipinski definition) is 1. The highest BCUT2D eigenvalue weighted by molar-refractivity contribution is 9.09. The first-order valence-electron chi connectivity index (χ1n) is 6.12. The van der Waals surface area contributed by atoms with Crippen molar-refractivity contribution < 1.29 is 9.18 Å². The number of hydrogen-bond donors (Lipinski definition) is 1. The van der Waals surface area contributed by atoms with Crippen LogP contribution < -0.4 is 5.32 Å². The molecular formula is C14H19BrFNO. The van der Waals surface area contributed by atoms with Gasteiger partial charge in [-0.1, -0.05) is 29.8 Å². The zero-order valence-corrected chi connectivity index (χ0v) is 12.6. The lowest BCUT2D eigenvalue weighted by Gasteiger charge is -2.31. The second-order valence-electron chi connectivity index (χ2n) is 4.53. The van der Waals surface area contributed by atoms with E-state index in [0.29, 0.717) is 16.5 Å². The zero-order chi connectivity index (χ0) is 13.8. The summed E-state index contributed by atoms with van der Waals surface area (Å²) in [6.07, 6.45) is 1.70. The lowest BCUT2D eigenvalue weighted by molar-refractivity contribution is 0.0903. The average Bonchev–Trinajstić information content (AvgIpc) is 2.36. The Bertz CT molecular complexity index is 422. The molecule has 18 heavy (non-hydrogen) atoms. The van der Waals surface area contributed by atoms with E-state index >= 15 is 0 Å². The summed E-state index contributed by atoms with van der Waals surface area (Å²) in [7, 11) is 0. The molecule has 1 amide bonds. The van der Waals surface area contributed by atoms with E-state index in [1.54, 1.807) is 6.92 Å². The summed E-state index contributed by atoms with van der Waals surface area (Å²) in [4.78, 5) is 12.2. The number of rotatable bonds is 5. The maximum atomic E-state index is 13.0. The highest BCUT2D eigenvalue weighted by Crippen LogP contribution is 2.20. The average molecular weight is 316 g/mol. The first-order valence-corrected chi connectivity index (χ1v) is 7.24. The molecule has 0 heterocycles. The molecule has 1 N–H and O–H groups in total. The Morgan fingerprint density at radius 1 is 1.39 bits per heavy atom. The number of alkyl halides is 1. The van der Waals surface area contributed by atoms with E-state index in [2.05, 4.69) is 21.2 Å². The molecule has 0 fully saturated rings. The van der Waals surface area contributed by atoms with Crippen LogP contribution in [0.4, 0.5) is 4.39 Å². The second-order valence-corrected chi connectivity index (χ2v) is 5.10. The topological polar surface area (TPSA) is 29.1 Å². The van der Waals surface area contributed by atoms with Gasteiger partial charge in [0.05, 0.1) is 0 Å². The molecule has 0 atom stereocenters. The number of nitrogens with one attached hydrogen (secondary N) is 1. The molecule has 0 aromatic heterocycles. The van der Waals surface area contributed by atoms with Gasteiger partial charge in [-0.3, -0.25) is 4.79 Å². The molecule has 0 saturated carbocycles. The van der Waals surface area contributed by atoms with Crippen molar-refractivity contribution >= 4 is 21.8 Å². The molecule has 0 unspecified atom stereocenters. The normalized spacial score (nSPS) is 11.4. The van der Waals surface area contributed by atoms with Crippen LogP contribution in [0, 0.1) is 12.7 Å². The number of aryl methyl sites for hydroxylation is 1. The molecule has 0 spiro atoms. The minimum Gasteiger partial charge on any atom is -0.346 e. The van der Waals surface area contributed by atoms with Gasteiger partial charge in [0.25, 0.3) is 5.91 Å². The monoisotopic (exact) mass is 315 g/mol. The number of carbonyl (C=O) groups is 1. The van der Waals surface area contributed by atoms with Crippen molar-refractivity contribution in [2.45, 2.75) is 39.2 Å². The largest absolute Gasteiger partial charge is 0.346 e. The van der Waals surface area contributed by atoms with Crippen molar-refractivity contribution in [3.05, 3.63) is 35.1 Å². The van der Waals surface area contributed by atoms with Gasteiger partial charge in [-0.05, 0) is 43.5 Å². The highest BCUT2D eigenvalue weighted by Gasteiger charge is 2.27. The van der Waals surface area contributed by atoms with Crippen molar-refractivity contribution in [1.82, 2.24) is 5.32 Å². The minimum atomic E-state index is -0.318. The first-order chi connectivity index (χ1) is 8.48. The van der Waals surface area contributed by atoms with Gasteiger partial charge in [0, 0.05) is 16.4 Å². The summed E-state index contributed by atoms with van der Waals surface area (Å²) in [5, 5.41) is 3.76. The van der Waals surface area contributed by atoms with Crippen molar-refractivity contribution in [1.29, 1.82) is 0 Å². The van der Waals surface area contributed by atoms with E-state index < -0.39 is 0 Å². The van der Waals surface area contributed by atoms with Crippen molar-refractivity contribution in [2.75, 3.05) is 5.33 Å². The molecule has 1 aromatic rings. The van der Waals surface area contributed by atoms with Crippen LogP contribution in [0.2, 0.25) is 0 Å². The smallest absolute Gasteiger partial charge is 0.252 e. The first kappa shape index (κ1) is 15.2. The summed E-state index contributed by atoms with van der Waals surface area (Å²) < 4.78 is 13.0. The molecule has 0 saturated heterocycles. The van der Waals surface area contributed by atoms with Crippen LogP contribution in [0.5, 0.6) is 0 Å². The SMILES string of the molecule is CCC(CC)(CBr)NC(=O)c1ccc(F)cc1C. The van der Waals surface area contributed by atoms with Gasteiger partial charge < -0.3 is 5.32 Å². The third-order valence-corrected chi connectivity index (χ3v) is 4.49. The Hall–Kier alpha value is -0.900. The van der Waals surface area contributed by atoms with E-state index in [1.807, 2.05) is 13.8 Å². The second kappa shape index (κ2) is 6.32. The third kappa shape index (κ3) is 3.31. The van der Waals surface area contributed by atoms with Gasteiger partial charge in [0.1, 0.15) is 5.82 Å². The summed E-state index contributed by atoms with van der Waals surface area (Å²) in [6.45, 7) is 5.83. The van der Waals surface area contributed by atoms with Crippen molar-refractivity contribution in [3.63, 3.8) is 0 Å². The highest BCUT2D eigenvalue weighted by atomic mass is 79.9. The summed E-state index contributed by atoms with van der Waals surface area (Å²) >= 11 is 3.45. The van der Waals surface area contributed by atoms with Gasteiger partial charge in [-0.2, -0.15) is 0 Å². The molecular weight excluding hydrogens is 297 g/mol. The van der Waals surface area contributed by atoms with Gasteiger partial charge in [-0.15, -0.1) is 0 Å². The Morgan fingerprint density at radius 2 is 2.00 bits per heavy atom. The standard InChI is InChI=1S/C14H19BrFNO/c1-4-14(5-2,9-15)17-13(18)12-7-6-11(16)8-10(12)3/h6-8H,4-5,9H2,1-3H3,(H,17,18). The van der Waals surface area contributed by atoms with E-state index in [-0.39, 0.29) is 17.3 Å². The van der Waals surface area contributed by atoms with Gasteiger partial charge >= 0.3 is 0 Å². The molecule has 0 aliphatic rings. The molecule has 0 aliphatic heterocycles. The zero-order valence-electron chi connectivity index (χ0n) is 11.0. The Morgan fingerprint density at radius 3 is 2.44 bits per heavy atom. The molecule has 0 bridgehead atoms. The molecule has 1 aromatic carbocycles. The Kier molecular flexibility index (Phi) is 5.32. The third-order valence-electron chi connectivity index (χ3n) is 3.42. The molecule has 0 aliphatic carbocycles. The summed E-state index contributed by atoms with van der Waals surface area (Å²) in [5.74, 6) is -0.461.